The van der Waals surface area contributed by atoms with Crippen LogP contribution in [0.5, 0.6) is 0 Å². The van der Waals surface area contributed by atoms with Gasteiger partial charge in [0.1, 0.15) is 0 Å². The van der Waals surface area contributed by atoms with Gasteiger partial charge >= 0.3 is 5.97 Å². The van der Waals surface area contributed by atoms with Crippen LogP contribution < -0.4 is 0 Å². The Morgan fingerprint density at radius 2 is 1.89 bits per heavy atom. The second kappa shape index (κ2) is 4.72. The Bertz CT molecular complexity index is 593. The van der Waals surface area contributed by atoms with Gasteiger partial charge in [-0.2, -0.15) is 0 Å². The van der Waals surface area contributed by atoms with Crippen LogP contribution in [0.3, 0.4) is 0 Å². The van der Waals surface area contributed by atoms with Crippen molar-refractivity contribution in [1.82, 2.24) is 0 Å². The van der Waals surface area contributed by atoms with Crippen LogP contribution in [0.15, 0.2) is 23.1 Å². The van der Waals surface area contributed by atoms with E-state index >= 15 is 0 Å². The molecule has 0 amide bonds. The van der Waals surface area contributed by atoms with Crippen LogP contribution in [-0.4, -0.2) is 24.7 Å². The molecule has 0 aliphatic heterocycles. The Kier molecular flexibility index (Phi) is 3.58. The highest BCUT2D eigenvalue weighted by atomic mass is 35.5. The minimum absolute atomic E-state index is 0.0951. The molecule has 4 nitrogen and oxygen atoms in total. The Morgan fingerprint density at radius 3 is 2.33 bits per heavy atom. The van der Waals surface area contributed by atoms with E-state index in [4.69, 9.17) is 28.3 Å². The number of hydrogen-bond acceptors (Lipinski definition) is 3. The van der Waals surface area contributed by atoms with Gasteiger partial charge in [0.05, 0.1) is 14.9 Å². The second-order valence-electron chi connectivity index (χ2n) is 4.22. The molecule has 0 aromatic heterocycles. The highest BCUT2D eigenvalue weighted by molar-refractivity contribution is 7.92. The molecule has 1 unspecified atom stereocenters. The highest BCUT2D eigenvalue weighted by Crippen LogP contribution is 2.39. The number of carboxylic acid groups (broad SMARTS) is 1. The summed E-state index contributed by atoms with van der Waals surface area (Å²) in [6.07, 6.45) is 1.25. The van der Waals surface area contributed by atoms with Crippen molar-refractivity contribution in [3.8, 4) is 0 Å². The molecule has 0 spiro atoms. The first-order valence-corrected chi connectivity index (χ1v) is 7.56. The maximum Gasteiger partial charge on any atom is 0.322 e. The van der Waals surface area contributed by atoms with Crippen molar-refractivity contribution < 1.29 is 18.3 Å². The summed E-state index contributed by atoms with van der Waals surface area (Å²) in [6, 6.07) is 3.82. The van der Waals surface area contributed by atoms with E-state index in [1.165, 1.54) is 18.2 Å². The summed E-state index contributed by atoms with van der Waals surface area (Å²) in [5.41, 5.74) is 0. The molecule has 1 atom stereocenters. The molecule has 98 valence electrons. The average molecular weight is 309 g/mol. The van der Waals surface area contributed by atoms with E-state index in [-0.39, 0.29) is 20.9 Å². The number of carbonyl (C=O) groups is 1. The van der Waals surface area contributed by atoms with E-state index in [1.54, 1.807) is 0 Å². The van der Waals surface area contributed by atoms with Crippen molar-refractivity contribution in [3.63, 3.8) is 0 Å². The second-order valence-corrected chi connectivity index (χ2v) is 7.10. The number of sulfone groups is 1. The molecule has 0 saturated heterocycles. The van der Waals surface area contributed by atoms with Gasteiger partial charge in [-0.15, -0.1) is 0 Å². The van der Waals surface area contributed by atoms with Gasteiger partial charge in [0.15, 0.2) is 15.1 Å². The van der Waals surface area contributed by atoms with Crippen molar-refractivity contribution in [2.24, 2.45) is 5.92 Å². The molecular formula is C11H10Cl2O4S. The van der Waals surface area contributed by atoms with Gasteiger partial charge in [-0.05, 0) is 37.0 Å². The Hall–Kier alpha value is -0.780. The van der Waals surface area contributed by atoms with E-state index in [0.717, 1.165) is 0 Å². The lowest BCUT2D eigenvalue weighted by Crippen LogP contribution is -2.32. The zero-order valence-electron chi connectivity index (χ0n) is 9.14. The van der Waals surface area contributed by atoms with Crippen molar-refractivity contribution in [2.45, 2.75) is 23.0 Å². The zero-order valence-corrected chi connectivity index (χ0v) is 11.5. The van der Waals surface area contributed by atoms with E-state index in [0.29, 0.717) is 12.8 Å². The lowest BCUT2D eigenvalue weighted by Gasteiger charge is -2.13. The summed E-state index contributed by atoms with van der Waals surface area (Å²) in [6.45, 7) is 0. The third-order valence-corrected chi connectivity index (χ3v) is 5.75. The zero-order chi connectivity index (χ0) is 13.5. The summed E-state index contributed by atoms with van der Waals surface area (Å²) in [5.74, 6) is -1.62. The molecular weight excluding hydrogens is 299 g/mol. The van der Waals surface area contributed by atoms with Crippen molar-refractivity contribution in [1.29, 1.82) is 0 Å². The van der Waals surface area contributed by atoms with Gasteiger partial charge < -0.3 is 5.11 Å². The van der Waals surface area contributed by atoms with Gasteiger partial charge in [-0.3, -0.25) is 4.79 Å². The van der Waals surface area contributed by atoms with Crippen molar-refractivity contribution >= 4 is 39.0 Å². The first-order chi connectivity index (χ1) is 8.34. The number of carboxylic acids is 1. The summed E-state index contributed by atoms with van der Waals surface area (Å²) < 4.78 is 24.5. The fourth-order valence-electron chi connectivity index (χ4n) is 1.79. The van der Waals surface area contributed by atoms with E-state index < -0.39 is 21.1 Å². The third kappa shape index (κ3) is 2.48. The maximum absolute atomic E-state index is 12.2. The molecule has 0 radical (unpaired) electrons. The number of aliphatic carboxylic acids is 1. The normalized spacial score (nSPS) is 17.4. The van der Waals surface area contributed by atoms with Crippen LogP contribution in [0.4, 0.5) is 0 Å². The monoisotopic (exact) mass is 308 g/mol. The van der Waals surface area contributed by atoms with Crippen LogP contribution in [-0.2, 0) is 14.6 Å². The van der Waals surface area contributed by atoms with E-state index in [9.17, 15) is 13.2 Å². The molecule has 2 rings (SSSR count). The average Bonchev–Trinajstić information content (AvgIpc) is 3.05. The van der Waals surface area contributed by atoms with Crippen LogP contribution in [0.25, 0.3) is 0 Å². The maximum atomic E-state index is 12.2. The molecule has 1 fully saturated rings. The van der Waals surface area contributed by atoms with E-state index in [1.807, 2.05) is 0 Å². The van der Waals surface area contributed by atoms with Crippen molar-refractivity contribution in [3.05, 3.63) is 28.2 Å². The van der Waals surface area contributed by atoms with Gasteiger partial charge in [0, 0.05) is 0 Å². The molecule has 1 aliphatic carbocycles. The lowest BCUT2D eigenvalue weighted by molar-refractivity contribution is -0.136. The topological polar surface area (TPSA) is 71.4 Å². The number of halogens is 2. The van der Waals surface area contributed by atoms with Crippen LogP contribution in [0, 0.1) is 5.92 Å². The predicted molar refractivity (Wildman–Crippen MR) is 67.8 cm³/mol. The number of benzene rings is 1. The lowest BCUT2D eigenvalue weighted by atomic mass is 10.3. The largest absolute Gasteiger partial charge is 0.480 e. The first kappa shape index (κ1) is 13.6. The standard InChI is InChI=1S/C11H10Cl2O4S/c12-8-4-3-7(5-9(8)13)18(16,17)10(11(14)15)6-1-2-6/h3-6,10H,1-2H2,(H,14,15). The molecule has 0 heterocycles. The van der Waals surface area contributed by atoms with Gasteiger partial charge in [-0.25, -0.2) is 8.42 Å². The molecule has 7 heteroatoms. The summed E-state index contributed by atoms with van der Waals surface area (Å²) in [5, 5.41) is 8.00. The number of rotatable bonds is 4. The fraction of sp³-hybridized carbons (Fsp3) is 0.364. The van der Waals surface area contributed by atoms with Crippen LogP contribution >= 0.6 is 23.2 Å². The quantitative estimate of drug-likeness (QED) is 0.928. The van der Waals surface area contributed by atoms with Crippen molar-refractivity contribution in [2.75, 3.05) is 0 Å². The molecule has 1 aromatic rings. The Balaban J connectivity index is 2.46. The molecule has 1 saturated carbocycles. The molecule has 1 aliphatic rings. The molecule has 1 aromatic carbocycles. The van der Waals surface area contributed by atoms with Gasteiger partial charge in [0.2, 0.25) is 0 Å². The first-order valence-electron chi connectivity index (χ1n) is 5.26. The van der Waals surface area contributed by atoms with Crippen LogP contribution in [0.2, 0.25) is 10.0 Å². The number of hydrogen-bond donors (Lipinski definition) is 1. The molecule has 18 heavy (non-hydrogen) atoms. The third-order valence-electron chi connectivity index (χ3n) is 2.85. The minimum Gasteiger partial charge on any atom is -0.480 e. The smallest absolute Gasteiger partial charge is 0.322 e. The highest BCUT2D eigenvalue weighted by Gasteiger charge is 2.45. The Labute approximate surface area is 114 Å². The van der Waals surface area contributed by atoms with Gasteiger partial charge in [0.25, 0.3) is 0 Å². The fourth-order valence-corrected chi connectivity index (χ4v) is 4.03. The molecule has 0 bridgehead atoms. The SMILES string of the molecule is O=C(O)C(C1CC1)S(=O)(=O)c1ccc(Cl)c(Cl)c1. The van der Waals surface area contributed by atoms with E-state index in [2.05, 4.69) is 0 Å². The predicted octanol–water partition coefficient (Wildman–Crippen LogP) is 2.63. The summed E-state index contributed by atoms with van der Waals surface area (Å²) in [7, 11) is -3.92. The minimum atomic E-state index is -3.92. The van der Waals surface area contributed by atoms with Gasteiger partial charge in [-0.1, -0.05) is 23.2 Å². The Morgan fingerprint density at radius 1 is 1.28 bits per heavy atom. The molecule has 1 N–H and O–H groups in total. The summed E-state index contributed by atoms with van der Waals surface area (Å²) in [4.78, 5) is 11.0. The van der Waals surface area contributed by atoms with Crippen LogP contribution in [0.1, 0.15) is 12.8 Å². The summed E-state index contributed by atoms with van der Waals surface area (Å²) >= 11 is 11.5.